The van der Waals surface area contributed by atoms with E-state index in [1.807, 2.05) is 0 Å². The third kappa shape index (κ3) is 6.46. The number of rotatable bonds is 8. The van der Waals surface area contributed by atoms with E-state index in [2.05, 4.69) is 23.8 Å². The zero-order chi connectivity index (χ0) is 24.1. The van der Waals surface area contributed by atoms with Crippen LogP contribution in [0.3, 0.4) is 0 Å². The molecule has 10 nitrogen and oxygen atoms in total. The molecule has 0 aliphatic heterocycles. The second-order valence-electron chi connectivity index (χ2n) is 6.18. The summed E-state index contributed by atoms with van der Waals surface area (Å²) in [5, 5.41) is 4.70. The van der Waals surface area contributed by atoms with Gasteiger partial charge in [-0.1, -0.05) is 37.4 Å². The Morgan fingerprint density at radius 1 is 0.719 bits per heavy atom. The predicted octanol–water partition coefficient (Wildman–Crippen LogP) is 2.60. The van der Waals surface area contributed by atoms with Gasteiger partial charge in [0.05, 0.1) is 0 Å². The van der Waals surface area contributed by atoms with Gasteiger partial charge in [0.15, 0.2) is 0 Å². The van der Waals surface area contributed by atoms with Crippen molar-refractivity contribution in [1.82, 2.24) is 0 Å². The van der Waals surface area contributed by atoms with Gasteiger partial charge in [-0.3, -0.25) is 18.7 Å². The first-order valence-corrected chi connectivity index (χ1v) is 11.5. The van der Waals surface area contributed by atoms with Gasteiger partial charge in [0.25, 0.3) is 20.2 Å². The van der Waals surface area contributed by atoms with Gasteiger partial charge in [0, 0.05) is 11.4 Å². The number of carbonyl (C=O) groups is 2. The minimum absolute atomic E-state index is 0.0329. The molecule has 0 atom stereocenters. The van der Waals surface area contributed by atoms with Gasteiger partial charge in [-0.15, -0.1) is 0 Å². The highest BCUT2D eigenvalue weighted by Crippen LogP contribution is 2.26. The van der Waals surface area contributed by atoms with Crippen LogP contribution in [0.2, 0.25) is 0 Å². The van der Waals surface area contributed by atoms with Crippen LogP contribution in [-0.2, 0) is 29.8 Å². The van der Waals surface area contributed by atoms with Crippen molar-refractivity contribution in [2.45, 2.75) is 9.79 Å². The van der Waals surface area contributed by atoms with Crippen LogP contribution in [0, 0.1) is 0 Å². The number of benzene rings is 2. The maximum absolute atomic E-state index is 11.8. The first kappa shape index (κ1) is 24.7. The van der Waals surface area contributed by atoms with E-state index in [1.165, 1.54) is 36.4 Å². The number of hydrogen-bond donors (Lipinski definition) is 4. The SMILES string of the molecule is C=CC(=O)Nc1ccc(C=Cc2ccc(NC(=O)C=C)cc2S(=O)(=O)O)c(S(=O)(=O)O)c1. The van der Waals surface area contributed by atoms with Gasteiger partial charge in [-0.05, 0) is 47.5 Å². The van der Waals surface area contributed by atoms with E-state index in [1.54, 1.807) is 0 Å². The second-order valence-corrected chi connectivity index (χ2v) is 8.96. The van der Waals surface area contributed by atoms with Gasteiger partial charge in [0.1, 0.15) is 9.79 Å². The van der Waals surface area contributed by atoms with Crippen LogP contribution < -0.4 is 10.6 Å². The van der Waals surface area contributed by atoms with Gasteiger partial charge < -0.3 is 10.6 Å². The zero-order valence-corrected chi connectivity index (χ0v) is 18.0. The topological polar surface area (TPSA) is 167 Å². The van der Waals surface area contributed by atoms with E-state index in [0.717, 1.165) is 24.3 Å². The molecule has 0 heterocycles. The minimum Gasteiger partial charge on any atom is -0.322 e. The molecule has 2 aromatic rings. The molecule has 0 bridgehead atoms. The molecule has 0 spiro atoms. The van der Waals surface area contributed by atoms with E-state index in [9.17, 15) is 35.5 Å². The molecule has 2 rings (SSSR count). The fraction of sp³-hybridized carbons (Fsp3) is 0. The van der Waals surface area contributed by atoms with Crippen LogP contribution in [-0.4, -0.2) is 37.8 Å². The predicted molar refractivity (Wildman–Crippen MR) is 119 cm³/mol. The molecule has 0 aliphatic carbocycles. The van der Waals surface area contributed by atoms with Gasteiger partial charge in [0.2, 0.25) is 11.8 Å². The fourth-order valence-electron chi connectivity index (χ4n) is 2.51. The molecule has 0 aliphatic rings. The summed E-state index contributed by atoms with van der Waals surface area (Å²) in [5.74, 6) is -1.20. The van der Waals surface area contributed by atoms with Crippen LogP contribution in [0.4, 0.5) is 11.4 Å². The number of hydrogen-bond acceptors (Lipinski definition) is 6. The third-order valence-corrected chi connectivity index (χ3v) is 5.75. The average molecular weight is 479 g/mol. The Hall–Kier alpha value is -3.58. The first-order chi connectivity index (χ1) is 14.8. The molecule has 2 aromatic carbocycles. The highest BCUT2D eigenvalue weighted by Gasteiger charge is 2.18. The number of amides is 2. The highest BCUT2D eigenvalue weighted by molar-refractivity contribution is 7.86. The molecule has 4 N–H and O–H groups in total. The molecule has 0 radical (unpaired) electrons. The lowest BCUT2D eigenvalue weighted by Gasteiger charge is -2.09. The summed E-state index contributed by atoms with van der Waals surface area (Å²) in [6.07, 6.45) is 4.32. The van der Waals surface area contributed by atoms with Crippen molar-refractivity contribution in [1.29, 1.82) is 0 Å². The summed E-state index contributed by atoms with van der Waals surface area (Å²) in [6, 6.07) is 7.26. The highest BCUT2D eigenvalue weighted by atomic mass is 32.2. The first-order valence-electron chi connectivity index (χ1n) is 8.63. The van der Waals surface area contributed by atoms with E-state index in [0.29, 0.717) is 0 Å². The number of anilines is 2. The molecular formula is C20H18N2O8S2. The standard InChI is InChI=1S/C20H18N2O8S2/c1-3-19(23)21-15-9-7-13(17(11-15)31(25,26)27)5-6-14-8-10-16(22-20(24)4-2)12-18(14)32(28,29)30/h3-12H,1-2H2,(H,21,23)(H,22,24)(H,25,26,27)(H,28,29,30). The normalized spacial score (nSPS) is 11.7. The second kappa shape index (κ2) is 9.70. The molecular weight excluding hydrogens is 460 g/mol. The Kier molecular flexibility index (Phi) is 7.48. The lowest BCUT2D eigenvalue weighted by Crippen LogP contribution is -2.09. The van der Waals surface area contributed by atoms with Gasteiger partial charge in [-0.25, -0.2) is 0 Å². The summed E-state index contributed by atoms with van der Waals surface area (Å²) in [4.78, 5) is 21.7. The van der Waals surface area contributed by atoms with Crippen molar-refractivity contribution in [3.63, 3.8) is 0 Å². The third-order valence-electron chi connectivity index (χ3n) is 3.93. The molecule has 0 aromatic heterocycles. The molecule has 32 heavy (non-hydrogen) atoms. The molecule has 0 unspecified atom stereocenters. The van der Waals surface area contributed by atoms with Crippen molar-refractivity contribution in [2.24, 2.45) is 0 Å². The Balaban J connectivity index is 2.54. The van der Waals surface area contributed by atoms with Crippen molar-refractivity contribution >= 4 is 55.6 Å². The maximum atomic E-state index is 11.8. The van der Waals surface area contributed by atoms with Crippen LogP contribution in [0.5, 0.6) is 0 Å². The Bertz CT molecular complexity index is 1240. The quantitative estimate of drug-likeness (QED) is 0.255. The van der Waals surface area contributed by atoms with Crippen molar-refractivity contribution in [3.05, 3.63) is 72.8 Å². The fourth-order valence-corrected chi connectivity index (χ4v) is 3.93. The Morgan fingerprint density at radius 2 is 1.06 bits per heavy atom. The lowest BCUT2D eigenvalue weighted by atomic mass is 10.1. The summed E-state index contributed by atoms with van der Waals surface area (Å²) in [5.41, 5.74) is 0.0741. The summed E-state index contributed by atoms with van der Waals surface area (Å²) in [7, 11) is -9.43. The summed E-state index contributed by atoms with van der Waals surface area (Å²) < 4.78 is 66.2. The molecule has 0 saturated carbocycles. The lowest BCUT2D eigenvalue weighted by molar-refractivity contribution is -0.112. The van der Waals surface area contributed by atoms with Crippen molar-refractivity contribution < 1.29 is 35.5 Å². The van der Waals surface area contributed by atoms with Crippen LogP contribution in [0.1, 0.15) is 11.1 Å². The maximum Gasteiger partial charge on any atom is 0.295 e. The molecule has 168 valence electrons. The van der Waals surface area contributed by atoms with Gasteiger partial charge in [-0.2, -0.15) is 16.8 Å². The smallest absolute Gasteiger partial charge is 0.295 e. The van der Waals surface area contributed by atoms with Crippen molar-refractivity contribution in [2.75, 3.05) is 10.6 Å². The molecule has 0 fully saturated rings. The average Bonchev–Trinajstić information content (AvgIpc) is 2.71. The number of nitrogens with one attached hydrogen (secondary N) is 2. The summed E-state index contributed by atoms with van der Waals surface area (Å²) in [6.45, 7) is 6.55. The molecule has 12 heteroatoms. The Labute approximate surface area is 184 Å². The van der Waals surface area contributed by atoms with E-state index < -0.39 is 41.8 Å². The monoisotopic (exact) mass is 478 g/mol. The van der Waals surface area contributed by atoms with E-state index in [4.69, 9.17) is 0 Å². The van der Waals surface area contributed by atoms with Crippen LogP contribution in [0.15, 0.2) is 71.5 Å². The molecule has 0 saturated heterocycles. The van der Waals surface area contributed by atoms with E-state index >= 15 is 0 Å². The van der Waals surface area contributed by atoms with E-state index in [-0.39, 0.29) is 22.5 Å². The van der Waals surface area contributed by atoms with Crippen LogP contribution in [0.25, 0.3) is 12.2 Å². The zero-order valence-electron chi connectivity index (χ0n) is 16.3. The van der Waals surface area contributed by atoms with Crippen LogP contribution >= 0.6 is 0 Å². The van der Waals surface area contributed by atoms with Crippen molar-refractivity contribution in [3.8, 4) is 0 Å². The Morgan fingerprint density at radius 3 is 1.34 bits per heavy atom. The minimum atomic E-state index is -4.72. The van der Waals surface area contributed by atoms with Gasteiger partial charge >= 0.3 is 0 Å². The summed E-state index contributed by atoms with van der Waals surface area (Å²) >= 11 is 0. The molecule has 2 amide bonds. The number of carbonyl (C=O) groups excluding carboxylic acids is 2. The largest absolute Gasteiger partial charge is 0.322 e.